The molecule has 1 saturated heterocycles. The number of hydrogen-bond donors (Lipinski definition) is 1. The van der Waals surface area contributed by atoms with Gasteiger partial charge in [-0.15, -0.1) is 5.10 Å². The van der Waals surface area contributed by atoms with Gasteiger partial charge in [-0.25, -0.2) is 14.6 Å². The Labute approximate surface area is 157 Å². The zero-order chi connectivity index (χ0) is 19.6. The molecule has 3 heterocycles. The Morgan fingerprint density at radius 1 is 1.30 bits per heavy atom. The zero-order valence-electron chi connectivity index (χ0n) is 15.7. The summed E-state index contributed by atoms with van der Waals surface area (Å²) in [5.74, 6) is 0.0614. The Balaban J connectivity index is 1.88. The molecule has 1 fully saturated rings. The van der Waals surface area contributed by atoms with Crippen molar-refractivity contribution in [3.8, 4) is 11.5 Å². The molecular formula is C18H24N6O3. The number of aliphatic hydroxyl groups is 1. The zero-order valence-corrected chi connectivity index (χ0v) is 15.7. The van der Waals surface area contributed by atoms with Gasteiger partial charge >= 0.3 is 0 Å². The molecule has 0 saturated carbocycles. The number of hydrogen-bond acceptors (Lipinski definition) is 7. The van der Waals surface area contributed by atoms with Crippen molar-refractivity contribution >= 4 is 11.7 Å². The molecule has 0 bridgehead atoms. The fourth-order valence-corrected chi connectivity index (χ4v) is 3.42. The van der Waals surface area contributed by atoms with Crippen molar-refractivity contribution in [1.82, 2.24) is 29.9 Å². The Bertz CT molecular complexity index is 806. The van der Waals surface area contributed by atoms with Gasteiger partial charge in [-0.05, 0) is 12.0 Å². The number of nitrogens with zero attached hydrogens (tertiary/aromatic N) is 6. The summed E-state index contributed by atoms with van der Waals surface area (Å²) < 4.78 is 1.50. The van der Waals surface area contributed by atoms with Crippen LogP contribution < -0.4 is 0 Å². The van der Waals surface area contributed by atoms with Gasteiger partial charge in [-0.3, -0.25) is 9.59 Å². The molecule has 9 nitrogen and oxygen atoms in total. The van der Waals surface area contributed by atoms with Gasteiger partial charge in [0.15, 0.2) is 11.6 Å². The van der Waals surface area contributed by atoms with Crippen LogP contribution in [0, 0.1) is 5.92 Å². The van der Waals surface area contributed by atoms with Gasteiger partial charge in [-0.2, -0.15) is 0 Å². The van der Waals surface area contributed by atoms with E-state index in [-0.39, 0.29) is 30.6 Å². The summed E-state index contributed by atoms with van der Waals surface area (Å²) in [5, 5.41) is 18.2. The van der Waals surface area contributed by atoms with Crippen LogP contribution in [0.4, 0.5) is 0 Å². The van der Waals surface area contributed by atoms with Crippen LogP contribution in [0.15, 0.2) is 24.7 Å². The highest BCUT2D eigenvalue weighted by Gasteiger charge is 2.41. The molecule has 2 aromatic rings. The maximum absolute atomic E-state index is 13.3. The minimum absolute atomic E-state index is 0.0422. The van der Waals surface area contributed by atoms with Gasteiger partial charge in [-0.1, -0.05) is 26.0 Å². The Morgan fingerprint density at radius 2 is 2.00 bits per heavy atom. The van der Waals surface area contributed by atoms with Gasteiger partial charge in [0.2, 0.25) is 5.91 Å². The molecule has 2 aromatic heterocycles. The Kier molecular flexibility index (Phi) is 5.59. The van der Waals surface area contributed by atoms with Crippen LogP contribution >= 0.6 is 0 Å². The van der Waals surface area contributed by atoms with Crippen LogP contribution in [0.25, 0.3) is 11.5 Å². The highest BCUT2D eigenvalue weighted by Crippen LogP contribution is 2.27. The lowest BCUT2D eigenvalue weighted by Gasteiger charge is -2.29. The molecule has 3 atom stereocenters. The van der Waals surface area contributed by atoms with E-state index >= 15 is 0 Å². The lowest BCUT2D eigenvalue weighted by atomic mass is 10.0. The molecule has 144 valence electrons. The van der Waals surface area contributed by atoms with Gasteiger partial charge < -0.3 is 10.0 Å². The number of carbonyl (C=O) groups excluding carboxylic acids is 2. The fourth-order valence-electron chi connectivity index (χ4n) is 3.42. The quantitative estimate of drug-likeness (QED) is 0.800. The summed E-state index contributed by atoms with van der Waals surface area (Å²) in [5.41, 5.74) is 0.469. The minimum atomic E-state index is -0.689. The van der Waals surface area contributed by atoms with Crippen molar-refractivity contribution in [1.29, 1.82) is 0 Å². The first-order valence-electron chi connectivity index (χ1n) is 9.12. The second-order valence-corrected chi connectivity index (χ2v) is 7.06. The molecule has 0 aromatic carbocycles. The third kappa shape index (κ3) is 3.87. The maximum Gasteiger partial charge on any atom is 0.248 e. The van der Waals surface area contributed by atoms with E-state index in [0.29, 0.717) is 17.9 Å². The summed E-state index contributed by atoms with van der Waals surface area (Å²) in [4.78, 5) is 35.3. The number of rotatable bonds is 6. The molecule has 3 rings (SSSR count). The second kappa shape index (κ2) is 7.91. The first kappa shape index (κ1) is 19.1. The first-order valence-corrected chi connectivity index (χ1v) is 9.12. The third-order valence-electron chi connectivity index (χ3n) is 4.76. The largest absolute Gasteiger partial charge is 0.391 e. The molecule has 9 heteroatoms. The molecule has 0 unspecified atom stereocenters. The van der Waals surface area contributed by atoms with Gasteiger partial charge in [0, 0.05) is 31.8 Å². The van der Waals surface area contributed by atoms with Crippen molar-refractivity contribution in [2.45, 2.75) is 51.8 Å². The molecule has 0 radical (unpaired) electrons. The summed E-state index contributed by atoms with van der Waals surface area (Å²) in [6.07, 6.45) is 4.78. The van der Waals surface area contributed by atoms with E-state index in [9.17, 15) is 14.7 Å². The Hall–Kier alpha value is -2.68. The van der Waals surface area contributed by atoms with Crippen molar-refractivity contribution < 1.29 is 14.7 Å². The molecule has 27 heavy (non-hydrogen) atoms. The van der Waals surface area contributed by atoms with E-state index in [0.717, 1.165) is 0 Å². The standard InChI is InChI=1S/C18H24N6O3/c1-4-15(26)14-8-12(25)9-23(14)18(27)16(11(2)3)24-10-13(21-22-24)17-19-6-5-7-20-17/h5-7,10-12,14,16,25H,4,8-9H2,1-3H3/t12-,14+,16+/m1/s1. The van der Waals surface area contributed by atoms with Gasteiger partial charge in [0.05, 0.1) is 18.3 Å². The van der Waals surface area contributed by atoms with Crippen LogP contribution in [-0.4, -0.2) is 65.3 Å². The highest BCUT2D eigenvalue weighted by atomic mass is 16.3. The normalized spacial score (nSPS) is 20.9. The smallest absolute Gasteiger partial charge is 0.248 e. The number of likely N-dealkylation sites (tertiary alicyclic amines) is 1. The highest BCUT2D eigenvalue weighted by molar-refractivity contribution is 5.91. The van der Waals surface area contributed by atoms with Crippen LogP contribution in [-0.2, 0) is 9.59 Å². The first-order chi connectivity index (χ1) is 12.9. The predicted octanol–water partition coefficient (Wildman–Crippen LogP) is 0.873. The molecule has 1 aliphatic heterocycles. The molecular weight excluding hydrogens is 348 g/mol. The van der Waals surface area contributed by atoms with Crippen molar-refractivity contribution in [2.24, 2.45) is 5.92 Å². The summed E-state index contributed by atoms with van der Waals surface area (Å²) in [7, 11) is 0. The van der Waals surface area contributed by atoms with Crippen LogP contribution in [0.2, 0.25) is 0 Å². The number of ketones is 1. The lowest BCUT2D eigenvalue weighted by Crippen LogP contribution is -2.45. The van der Waals surface area contributed by atoms with E-state index in [2.05, 4.69) is 20.3 Å². The van der Waals surface area contributed by atoms with Crippen LogP contribution in [0.5, 0.6) is 0 Å². The monoisotopic (exact) mass is 372 g/mol. The van der Waals surface area contributed by atoms with Crippen molar-refractivity contribution in [2.75, 3.05) is 6.54 Å². The van der Waals surface area contributed by atoms with Crippen LogP contribution in [0.1, 0.15) is 39.7 Å². The number of β-amino-alcohol motifs (C(OH)–C–C–N with tert-alkyl or cyclic N) is 1. The van der Waals surface area contributed by atoms with Crippen LogP contribution in [0.3, 0.4) is 0 Å². The maximum atomic E-state index is 13.3. The second-order valence-electron chi connectivity index (χ2n) is 7.06. The number of amides is 1. The van der Waals surface area contributed by atoms with Crippen molar-refractivity contribution in [3.05, 3.63) is 24.7 Å². The SMILES string of the molecule is CCC(=O)[C@@H]1C[C@@H](O)CN1C(=O)[C@H](C(C)C)n1cc(-c2ncccn2)nn1. The summed E-state index contributed by atoms with van der Waals surface area (Å²) >= 11 is 0. The number of Topliss-reactive ketones (excluding diaryl/α,β-unsaturated/α-hetero) is 1. The summed E-state index contributed by atoms with van der Waals surface area (Å²) in [6, 6.07) is 0.490. The average Bonchev–Trinajstić information content (AvgIpc) is 3.28. The van der Waals surface area contributed by atoms with Gasteiger partial charge in [0.1, 0.15) is 11.7 Å². The molecule has 0 aliphatic carbocycles. The molecule has 1 aliphatic rings. The van der Waals surface area contributed by atoms with Gasteiger partial charge in [0.25, 0.3) is 0 Å². The van der Waals surface area contributed by atoms with E-state index in [1.54, 1.807) is 31.6 Å². The predicted molar refractivity (Wildman–Crippen MR) is 96.3 cm³/mol. The summed E-state index contributed by atoms with van der Waals surface area (Å²) in [6.45, 7) is 5.74. The molecule has 1 N–H and O–H groups in total. The Morgan fingerprint density at radius 3 is 2.63 bits per heavy atom. The minimum Gasteiger partial charge on any atom is -0.391 e. The van der Waals surface area contributed by atoms with E-state index in [4.69, 9.17) is 0 Å². The van der Waals surface area contributed by atoms with E-state index in [1.165, 1.54) is 9.58 Å². The van der Waals surface area contributed by atoms with E-state index in [1.807, 2.05) is 13.8 Å². The number of aliphatic hydroxyl groups excluding tert-OH is 1. The number of aromatic nitrogens is 5. The lowest BCUT2D eigenvalue weighted by molar-refractivity contribution is -0.141. The third-order valence-corrected chi connectivity index (χ3v) is 4.76. The average molecular weight is 372 g/mol. The van der Waals surface area contributed by atoms with E-state index < -0.39 is 18.2 Å². The topological polar surface area (TPSA) is 114 Å². The molecule has 0 spiro atoms. The van der Waals surface area contributed by atoms with Crippen molar-refractivity contribution in [3.63, 3.8) is 0 Å². The molecule has 1 amide bonds. The number of carbonyl (C=O) groups is 2. The fraction of sp³-hybridized carbons (Fsp3) is 0.556.